The predicted molar refractivity (Wildman–Crippen MR) is 98.0 cm³/mol. The molecule has 0 aliphatic rings. The van der Waals surface area contributed by atoms with Crippen LogP contribution in [0.1, 0.15) is 13.8 Å². The molecule has 0 amide bonds. The Morgan fingerprint density at radius 2 is 1.60 bits per heavy atom. The van der Waals surface area contributed by atoms with Gasteiger partial charge in [-0.05, 0) is 29.8 Å². The molecule has 0 aliphatic carbocycles. The minimum Gasteiger partial charge on any atom is -0.457 e. The molecule has 1 aromatic heterocycles. The van der Waals surface area contributed by atoms with Crippen molar-refractivity contribution in [2.75, 3.05) is 0 Å². The Kier molecular flexibility index (Phi) is 4.75. The quantitative estimate of drug-likeness (QED) is 0.552. The van der Waals surface area contributed by atoms with Gasteiger partial charge in [-0.15, -0.1) is 0 Å². The van der Waals surface area contributed by atoms with E-state index in [9.17, 15) is 0 Å². The molecule has 0 saturated heterocycles. The van der Waals surface area contributed by atoms with Crippen molar-refractivity contribution in [3.63, 3.8) is 0 Å². The highest BCUT2D eigenvalue weighted by atomic mass is 16.5. The third-order valence-electron chi connectivity index (χ3n) is 3.80. The highest BCUT2D eigenvalue weighted by Gasteiger charge is 2.09. The Balaban J connectivity index is 1.86. The Morgan fingerprint density at radius 3 is 2.24 bits per heavy atom. The largest absolute Gasteiger partial charge is 0.457 e. The third-order valence-corrected chi connectivity index (χ3v) is 3.80. The number of aromatic nitrogens is 2. The molecule has 0 aliphatic heterocycles. The summed E-state index contributed by atoms with van der Waals surface area (Å²) in [5.41, 5.74) is 1.87. The van der Waals surface area contributed by atoms with Crippen LogP contribution < -0.4 is 10.4 Å². The summed E-state index contributed by atoms with van der Waals surface area (Å²) in [5, 5.41) is 16.0. The van der Waals surface area contributed by atoms with Gasteiger partial charge in [0.15, 0.2) is 0 Å². The maximum Gasteiger partial charge on any atom is 0.227 e. The molecular weight excluding hydrogens is 312 g/mol. The third kappa shape index (κ3) is 3.83. The van der Waals surface area contributed by atoms with E-state index in [4.69, 9.17) is 15.6 Å². The van der Waals surface area contributed by atoms with Crippen LogP contribution in [-0.4, -0.2) is 15.4 Å². The Bertz CT molecular complexity index is 928. The fourth-order valence-corrected chi connectivity index (χ4v) is 2.38. The number of hydrogen-bond donors (Lipinski definition) is 2. The van der Waals surface area contributed by atoms with Crippen LogP contribution >= 0.6 is 0 Å². The van der Waals surface area contributed by atoms with Gasteiger partial charge in [0, 0.05) is 23.9 Å². The van der Waals surface area contributed by atoms with E-state index in [0.717, 1.165) is 22.6 Å². The molecule has 2 N–H and O–H groups in total. The lowest BCUT2D eigenvalue weighted by molar-refractivity contribution is 0.483. The van der Waals surface area contributed by atoms with Crippen molar-refractivity contribution in [2.45, 2.75) is 13.8 Å². The summed E-state index contributed by atoms with van der Waals surface area (Å²) in [5.74, 6) is 1.91. The van der Waals surface area contributed by atoms with Crippen LogP contribution in [-0.2, 0) is 0 Å². The Labute approximate surface area is 146 Å². The van der Waals surface area contributed by atoms with Crippen molar-refractivity contribution in [2.24, 2.45) is 5.92 Å². The highest BCUT2D eigenvalue weighted by molar-refractivity contribution is 5.83. The minimum atomic E-state index is 0.0211. The normalized spacial score (nSPS) is 10.7. The van der Waals surface area contributed by atoms with Gasteiger partial charge in [0.25, 0.3) is 0 Å². The molecule has 2 aromatic carbocycles. The maximum absolute atomic E-state index is 8.13. The van der Waals surface area contributed by atoms with E-state index in [0.29, 0.717) is 5.84 Å². The molecule has 0 atom stereocenters. The lowest BCUT2D eigenvalue weighted by atomic mass is 10.1. The number of nitrogens with zero attached hydrogens (tertiary/aromatic N) is 2. The standard InChI is InChI=1S/C20H20N4O/c1-14(2)19(21)24-13-16(12-23-20(24)22)15-8-10-18(11-9-15)25-17-6-4-3-5-7-17/h3-14,21-22H,1-2H3. The first-order valence-electron chi connectivity index (χ1n) is 8.10. The molecule has 5 heteroatoms. The molecule has 1 heterocycles. The van der Waals surface area contributed by atoms with Crippen LogP contribution in [0.3, 0.4) is 0 Å². The van der Waals surface area contributed by atoms with Gasteiger partial charge in [-0.3, -0.25) is 15.4 Å². The predicted octanol–water partition coefficient (Wildman–Crippen LogP) is 4.30. The fourth-order valence-electron chi connectivity index (χ4n) is 2.38. The maximum atomic E-state index is 8.13. The number of hydrogen-bond acceptors (Lipinski definition) is 4. The van der Waals surface area contributed by atoms with Gasteiger partial charge in [0.05, 0.1) is 0 Å². The van der Waals surface area contributed by atoms with Crippen molar-refractivity contribution < 1.29 is 4.74 Å². The molecule has 0 saturated carbocycles. The molecule has 3 aromatic rings. The summed E-state index contributed by atoms with van der Waals surface area (Å²) in [7, 11) is 0. The minimum absolute atomic E-state index is 0.0211. The highest BCUT2D eigenvalue weighted by Crippen LogP contribution is 2.25. The second kappa shape index (κ2) is 7.13. The van der Waals surface area contributed by atoms with Crippen LogP contribution in [0.5, 0.6) is 11.5 Å². The van der Waals surface area contributed by atoms with Crippen LogP contribution in [0.4, 0.5) is 0 Å². The number of nitrogens with one attached hydrogen (secondary N) is 2. The van der Waals surface area contributed by atoms with Crippen LogP contribution in [0, 0.1) is 16.7 Å². The molecule has 25 heavy (non-hydrogen) atoms. The molecule has 0 spiro atoms. The topological polar surface area (TPSA) is 74.8 Å². The lowest BCUT2D eigenvalue weighted by Crippen LogP contribution is -2.31. The Hall–Kier alpha value is -3.21. The van der Waals surface area contributed by atoms with E-state index in [2.05, 4.69) is 4.98 Å². The summed E-state index contributed by atoms with van der Waals surface area (Å²) in [6.07, 6.45) is 3.43. The first-order valence-corrected chi connectivity index (χ1v) is 8.10. The van der Waals surface area contributed by atoms with Crippen LogP contribution in [0.2, 0.25) is 0 Å². The van der Waals surface area contributed by atoms with E-state index < -0.39 is 0 Å². The average Bonchev–Trinajstić information content (AvgIpc) is 2.63. The van der Waals surface area contributed by atoms with Crippen LogP contribution in [0.15, 0.2) is 67.0 Å². The molecule has 3 rings (SSSR count). The average molecular weight is 332 g/mol. The smallest absolute Gasteiger partial charge is 0.227 e. The zero-order chi connectivity index (χ0) is 17.8. The number of rotatable bonds is 4. The number of para-hydroxylation sites is 1. The lowest BCUT2D eigenvalue weighted by Gasteiger charge is -2.13. The monoisotopic (exact) mass is 332 g/mol. The summed E-state index contributed by atoms with van der Waals surface area (Å²) in [6, 6.07) is 17.3. The van der Waals surface area contributed by atoms with Crippen molar-refractivity contribution >= 4 is 5.84 Å². The van der Waals surface area contributed by atoms with Gasteiger partial charge in [0.2, 0.25) is 5.62 Å². The molecule has 126 valence electrons. The molecule has 0 radical (unpaired) electrons. The molecular formula is C20H20N4O. The summed E-state index contributed by atoms with van der Waals surface area (Å²) < 4.78 is 7.31. The van der Waals surface area contributed by atoms with Gasteiger partial charge < -0.3 is 4.74 Å². The van der Waals surface area contributed by atoms with E-state index in [1.165, 1.54) is 4.57 Å². The van der Waals surface area contributed by atoms with Crippen molar-refractivity contribution in [3.05, 3.63) is 72.6 Å². The van der Waals surface area contributed by atoms with Crippen molar-refractivity contribution in [1.82, 2.24) is 9.55 Å². The van der Waals surface area contributed by atoms with Crippen LogP contribution in [0.25, 0.3) is 11.1 Å². The fraction of sp³-hybridized carbons (Fsp3) is 0.150. The molecule has 5 nitrogen and oxygen atoms in total. The molecule has 0 fully saturated rings. The van der Waals surface area contributed by atoms with E-state index in [1.807, 2.05) is 68.4 Å². The number of ether oxygens (including phenoxy) is 1. The summed E-state index contributed by atoms with van der Waals surface area (Å²) in [4.78, 5) is 4.11. The molecule has 0 unspecified atom stereocenters. The zero-order valence-electron chi connectivity index (χ0n) is 14.2. The summed E-state index contributed by atoms with van der Waals surface area (Å²) >= 11 is 0. The second-order valence-electron chi connectivity index (χ2n) is 6.02. The van der Waals surface area contributed by atoms with E-state index in [1.54, 1.807) is 12.4 Å². The first kappa shape index (κ1) is 16.6. The summed E-state index contributed by atoms with van der Waals surface area (Å²) in [6.45, 7) is 3.86. The van der Waals surface area contributed by atoms with Gasteiger partial charge in [-0.25, -0.2) is 4.98 Å². The van der Waals surface area contributed by atoms with Gasteiger partial charge in [-0.2, -0.15) is 0 Å². The first-order chi connectivity index (χ1) is 12.0. The number of benzene rings is 2. The SMILES string of the molecule is CC(C)C(=N)n1cc(-c2ccc(Oc3ccccc3)cc2)cnc1=N. The second-order valence-corrected chi connectivity index (χ2v) is 6.02. The van der Waals surface area contributed by atoms with Crippen molar-refractivity contribution in [1.29, 1.82) is 10.8 Å². The van der Waals surface area contributed by atoms with E-state index in [-0.39, 0.29) is 11.5 Å². The van der Waals surface area contributed by atoms with Crippen molar-refractivity contribution in [3.8, 4) is 22.6 Å². The molecule has 0 bridgehead atoms. The van der Waals surface area contributed by atoms with Gasteiger partial charge in [-0.1, -0.05) is 44.2 Å². The van der Waals surface area contributed by atoms with E-state index >= 15 is 0 Å². The van der Waals surface area contributed by atoms with Gasteiger partial charge in [0.1, 0.15) is 17.3 Å². The zero-order valence-corrected chi connectivity index (χ0v) is 14.2. The van der Waals surface area contributed by atoms with Gasteiger partial charge >= 0.3 is 0 Å². The Morgan fingerprint density at radius 1 is 0.960 bits per heavy atom.